The van der Waals surface area contributed by atoms with Crippen molar-refractivity contribution in [1.29, 1.82) is 0 Å². The van der Waals surface area contributed by atoms with E-state index in [1.165, 1.54) is 0 Å². The van der Waals surface area contributed by atoms with Gasteiger partial charge in [0.15, 0.2) is 11.2 Å². The summed E-state index contributed by atoms with van der Waals surface area (Å²) in [5, 5.41) is 11.5. The molecule has 8 heteroatoms. The highest BCUT2D eigenvalue weighted by molar-refractivity contribution is 5.72. The maximum Gasteiger partial charge on any atom is 0.229 e. The van der Waals surface area contributed by atoms with Gasteiger partial charge < -0.3 is 14.8 Å². The van der Waals surface area contributed by atoms with Crippen LogP contribution in [-0.4, -0.2) is 45.3 Å². The molecule has 1 N–H and O–H groups in total. The van der Waals surface area contributed by atoms with E-state index in [1.54, 1.807) is 18.0 Å². The molecule has 4 rings (SSSR count). The summed E-state index contributed by atoms with van der Waals surface area (Å²) in [6, 6.07) is 17.3. The molecule has 0 saturated carbocycles. The van der Waals surface area contributed by atoms with E-state index >= 15 is 0 Å². The summed E-state index contributed by atoms with van der Waals surface area (Å²) in [6.07, 6.45) is 1.65. The van der Waals surface area contributed by atoms with Crippen molar-refractivity contribution in [2.24, 2.45) is 0 Å². The fourth-order valence-corrected chi connectivity index (χ4v) is 2.56. The normalized spacial score (nSPS) is 10.9. The number of nitrogens with one attached hydrogen (secondary N) is 1. The number of fused-ring (bicyclic) bond motifs is 1. The number of hydrogen-bond donors (Lipinski definition) is 1. The third-order valence-electron chi connectivity index (χ3n) is 3.84. The third-order valence-corrected chi connectivity index (χ3v) is 3.84. The van der Waals surface area contributed by atoms with Crippen LogP contribution in [0.1, 0.15) is 0 Å². The minimum absolute atomic E-state index is 0.477. The molecule has 0 aliphatic rings. The molecule has 0 saturated heterocycles. The van der Waals surface area contributed by atoms with Gasteiger partial charge in [0.05, 0.1) is 18.5 Å². The van der Waals surface area contributed by atoms with Crippen LogP contribution in [0, 0.1) is 0 Å². The molecule has 0 aliphatic heterocycles. The number of nitrogens with zero attached hydrogens (tertiary/aromatic N) is 5. The maximum absolute atomic E-state index is 5.67. The lowest BCUT2D eigenvalue weighted by Crippen LogP contribution is -2.05. The maximum atomic E-state index is 5.67. The standard InChI is InChI=1S/C19H18N6O2/c1-26-10-11-27-16-9-5-8-15(12-16)25-18-17(23-24-25)13-20-19(22-18)21-14-6-3-2-4-7-14/h2-9,12-13H,10-11H2,1H3,(H,20,21,22). The van der Waals surface area contributed by atoms with Crippen LogP contribution in [0.15, 0.2) is 60.8 Å². The van der Waals surface area contributed by atoms with Crippen molar-refractivity contribution >= 4 is 22.8 Å². The Morgan fingerprint density at radius 3 is 2.78 bits per heavy atom. The smallest absolute Gasteiger partial charge is 0.229 e. The van der Waals surface area contributed by atoms with Gasteiger partial charge in [0, 0.05) is 18.9 Å². The van der Waals surface area contributed by atoms with E-state index in [9.17, 15) is 0 Å². The Morgan fingerprint density at radius 2 is 1.93 bits per heavy atom. The zero-order valence-corrected chi connectivity index (χ0v) is 14.7. The highest BCUT2D eigenvalue weighted by atomic mass is 16.5. The molecule has 27 heavy (non-hydrogen) atoms. The second kappa shape index (κ2) is 7.79. The van der Waals surface area contributed by atoms with Gasteiger partial charge in [0.1, 0.15) is 12.4 Å². The molecule has 0 bridgehead atoms. The fraction of sp³-hybridized carbons (Fsp3) is 0.158. The second-order valence-corrected chi connectivity index (χ2v) is 5.73. The highest BCUT2D eigenvalue weighted by Gasteiger charge is 2.11. The Labute approximate surface area is 155 Å². The first-order chi connectivity index (χ1) is 13.3. The van der Waals surface area contributed by atoms with Gasteiger partial charge in [0.25, 0.3) is 0 Å². The summed E-state index contributed by atoms with van der Waals surface area (Å²) in [4.78, 5) is 8.87. The molecule has 136 valence electrons. The summed E-state index contributed by atoms with van der Waals surface area (Å²) >= 11 is 0. The molecular formula is C19H18N6O2. The molecule has 2 aromatic heterocycles. The number of para-hydroxylation sites is 1. The molecule has 2 aromatic carbocycles. The molecule has 0 aliphatic carbocycles. The van der Waals surface area contributed by atoms with Gasteiger partial charge >= 0.3 is 0 Å². The van der Waals surface area contributed by atoms with Crippen molar-refractivity contribution in [3.63, 3.8) is 0 Å². The largest absolute Gasteiger partial charge is 0.491 e. The van der Waals surface area contributed by atoms with Crippen LogP contribution in [0.5, 0.6) is 5.75 Å². The fourth-order valence-electron chi connectivity index (χ4n) is 2.56. The zero-order chi connectivity index (χ0) is 18.5. The van der Waals surface area contributed by atoms with Gasteiger partial charge in [-0.15, -0.1) is 5.10 Å². The van der Waals surface area contributed by atoms with E-state index in [0.29, 0.717) is 30.3 Å². The molecule has 0 fully saturated rings. The Bertz CT molecular complexity index is 1030. The molecule has 0 amide bonds. The lowest BCUT2D eigenvalue weighted by Gasteiger charge is -2.08. The van der Waals surface area contributed by atoms with Gasteiger partial charge in [-0.3, -0.25) is 0 Å². The van der Waals surface area contributed by atoms with Crippen LogP contribution >= 0.6 is 0 Å². The first kappa shape index (κ1) is 16.9. The summed E-state index contributed by atoms with van der Waals surface area (Å²) in [5.41, 5.74) is 2.93. The van der Waals surface area contributed by atoms with E-state index in [4.69, 9.17) is 9.47 Å². The Morgan fingerprint density at radius 1 is 1.04 bits per heavy atom. The topological polar surface area (TPSA) is 87.0 Å². The highest BCUT2D eigenvalue weighted by Crippen LogP contribution is 2.20. The first-order valence-electron chi connectivity index (χ1n) is 8.46. The van der Waals surface area contributed by atoms with Gasteiger partial charge in [-0.05, 0) is 24.3 Å². The quantitative estimate of drug-likeness (QED) is 0.506. The van der Waals surface area contributed by atoms with Crippen molar-refractivity contribution in [3.8, 4) is 11.4 Å². The minimum Gasteiger partial charge on any atom is -0.491 e. The molecule has 8 nitrogen and oxygen atoms in total. The minimum atomic E-state index is 0.477. The Balaban J connectivity index is 1.64. The molecule has 2 heterocycles. The number of hydrogen-bond acceptors (Lipinski definition) is 7. The van der Waals surface area contributed by atoms with Crippen LogP contribution in [-0.2, 0) is 4.74 Å². The molecule has 4 aromatic rings. The predicted octanol–water partition coefficient (Wildman–Crippen LogP) is 2.98. The van der Waals surface area contributed by atoms with Gasteiger partial charge in [-0.2, -0.15) is 9.67 Å². The van der Waals surface area contributed by atoms with Gasteiger partial charge in [0.2, 0.25) is 5.95 Å². The number of aromatic nitrogens is 5. The molecule has 0 unspecified atom stereocenters. The lowest BCUT2D eigenvalue weighted by molar-refractivity contribution is 0.146. The van der Waals surface area contributed by atoms with E-state index in [-0.39, 0.29) is 0 Å². The van der Waals surface area contributed by atoms with Crippen molar-refractivity contribution in [2.45, 2.75) is 0 Å². The summed E-state index contributed by atoms with van der Waals surface area (Å²) in [6.45, 7) is 1.00. The number of benzene rings is 2. The summed E-state index contributed by atoms with van der Waals surface area (Å²) < 4.78 is 12.3. The molecule has 0 radical (unpaired) electrons. The van der Waals surface area contributed by atoms with Crippen LogP contribution in [0.3, 0.4) is 0 Å². The zero-order valence-electron chi connectivity index (χ0n) is 14.7. The average Bonchev–Trinajstić information content (AvgIpc) is 3.13. The van der Waals surface area contributed by atoms with Crippen molar-refractivity contribution in [3.05, 3.63) is 60.8 Å². The summed E-state index contributed by atoms with van der Waals surface area (Å²) in [7, 11) is 1.64. The Kier molecular flexibility index (Phi) is 4.88. The number of methoxy groups -OCH3 is 1. The SMILES string of the molecule is COCCOc1cccc(-n2nnc3cnc(Nc4ccccc4)nc32)c1. The summed E-state index contributed by atoms with van der Waals surface area (Å²) in [5.74, 6) is 1.20. The number of ether oxygens (including phenoxy) is 2. The van der Waals surface area contributed by atoms with Crippen LogP contribution in [0.4, 0.5) is 11.6 Å². The lowest BCUT2D eigenvalue weighted by atomic mass is 10.3. The predicted molar refractivity (Wildman–Crippen MR) is 102 cm³/mol. The van der Waals surface area contributed by atoms with Gasteiger partial charge in [-0.25, -0.2) is 4.98 Å². The van der Waals surface area contributed by atoms with Crippen LogP contribution in [0.25, 0.3) is 16.9 Å². The van der Waals surface area contributed by atoms with Crippen molar-refractivity contribution in [2.75, 3.05) is 25.6 Å². The first-order valence-corrected chi connectivity index (χ1v) is 8.46. The molecule has 0 spiro atoms. The third kappa shape index (κ3) is 3.85. The van der Waals surface area contributed by atoms with Crippen molar-refractivity contribution < 1.29 is 9.47 Å². The van der Waals surface area contributed by atoms with E-state index in [2.05, 4.69) is 25.6 Å². The van der Waals surface area contributed by atoms with E-state index < -0.39 is 0 Å². The average molecular weight is 362 g/mol. The molecule has 0 atom stereocenters. The Hall–Kier alpha value is -3.52. The van der Waals surface area contributed by atoms with Gasteiger partial charge in [-0.1, -0.05) is 29.5 Å². The second-order valence-electron chi connectivity index (χ2n) is 5.73. The van der Waals surface area contributed by atoms with E-state index in [0.717, 1.165) is 17.1 Å². The van der Waals surface area contributed by atoms with Crippen LogP contribution < -0.4 is 10.1 Å². The monoisotopic (exact) mass is 362 g/mol. The van der Waals surface area contributed by atoms with Crippen LogP contribution in [0.2, 0.25) is 0 Å². The number of rotatable bonds is 7. The van der Waals surface area contributed by atoms with Crippen molar-refractivity contribution in [1.82, 2.24) is 25.0 Å². The number of anilines is 2. The van der Waals surface area contributed by atoms with E-state index in [1.807, 2.05) is 54.6 Å². The molecular weight excluding hydrogens is 344 g/mol.